The Labute approximate surface area is 146 Å². The Hall–Kier alpha value is -2.47. The van der Waals surface area contributed by atoms with Crippen LogP contribution in [0.1, 0.15) is 26.2 Å². The summed E-state index contributed by atoms with van der Waals surface area (Å²) in [5.74, 6) is -1.90. The largest absolute Gasteiger partial charge is 0.458 e. The number of hydrogen-bond acceptors (Lipinski definition) is 6. The summed E-state index contributed by atoms with van der Waals surface area (Å²) in [6.07, 6.45) is 4.48. The van der Waals surface area contributed by atoms with E-state index >= 15 is 0 Å². The van der Waals surface area contributed by atoms with E-state index in [1.54, 1.807) is 6.08 Å². The van der Waals surface area contributed by atoms with E-state index in [1.165, 1.54) is 0 Å². The Kier molecular flexibility index (Phi) is 6.09. The zero-order chi connectivity index (χ0) is 18.6. The van der Waals surface area contributed by atoms with Crippen LogP contribution in [-0.4, -0.2) is 42.1 Å². The van der Waals surface area contributed by atoms with Gasteiger partial charge in [0, 0.05) is 12.0 Å². The van der Waals surface area contributed by atoms with Crippen molar-refractivity contribution in [2.24, 2.45) is 5.92 Å². The molecule has 1 N–H and O–H groups in total. The number of aliphatic hydroxyl groups excluding tert-OH is 1. The third kappa shape index (κ3) is 4.33. The average molecular weight is 346 g/mol. The zero-order valence-electron chi connectivity index (χ0n) is 14.2. The summed E-state index contributed by atoms with van der Waals surface area (Å²) in [5.41, 5.74) is 1.61. The van der Waals surface area contributed by atoms with Gasteiger partial charge in [-0.15, -0.1) is 0 Å². The lowest BCUT2D eigenvalue weighted by atomic mass is 9.85. The number of aliphatic hydroxyl groups is 1. The van der Waals surface area contributed by atoms with Crippen LogP contribution in [0.5, 0.6) is 0 Å². The van der Waals surface area contributed by atoms with Gasteiger partial charge in [0.2, 0.25) is 0 Å². The molecule has 0 amide bonds. The van der Waals surface area contributed by atoms with Gasteiger partial charge in [-0.05, 0) is 31.4 Å². The molecule has 25 heavy (non-hydrogen) atoms. The van der Waals surface area contributed by atoms with E-state index in [2.05, 4.69) is 13.2 Å². The number of carbonyl (C=O) groups excluding carboxylic acids is 3. The Morgan fingerprint density at radius 1 is 1.52 bits per heavy atom. The molecule has 2 rings (SSSR count). The molecule has 1 fully saturated rings. The second-order valence-corrected chi connectivity index (χ2v) is 6.28. The molecule has 1 aliphatic carbocycles. The fourth-order valence-corrected chi connectivity index (χ4v) is 2.99. The molecule has 0 radical (unpaired) electrons. The summed E-state index contributed by atoms with van der Waals surface area (Å²) in [7, 11) is 0. The lowest BCUT2D eigenvalue weighted by Gasteiger charge is -2.27. The van der Waals surface area contributed by atoms with Crippen LogP contribution < -0.4 is 0 Å². The lowest BCUT2D eigenvalue weighted by molar-refractivity contribution is -0.147. The summed E-state index contributed by atoms with van der Waals surface area (Å²) >= 11 is 0. The molecule has 0 unspecified atom stereocenters. The number of ether oxygens (including phenoxy) is 2. The van der Waals surface area contributed by atoms with Crippen LogP contribution in [0.4, 0.5) is 0 Å². The summed E-state index contributed by atoms with van der Waals surface area (Å²) in [4.78, 5) is 35.3. The molecule has 134 valence electrons. The SMILES string of the molecule is C=C(CO)C(=O)O[C@H]1C/C(C)=C/CC/C(C=O)=C/[C@H]2OC(=O)C(=C)[C@H]12. The van der Waals surface area contributed by atoms with Crippen molar-refractivity contribution in [1.82, 2.24) is 0 Å². The molecular weight excluding hydrogens is 324 g/mol. The first-order chi connectivity index (χ1) is 11.9. The first kappa shape index (κ1) is 18.9. The third-order valence-electron chi connectivity index (χ3n) is 4.38. The van der Waals surface area contributed by atoms with Gasteiger partial charge in [-0.25, -0.2) is 9.59 Å². The molecule has 6 nitrogen and oxygen atoms in total. The second-order valence-electron chi connectivity index (χ2n) is 6.28. The maximum absolute atomic E-state index is 12.1. The molecule has 0 aromatic heterocycles. The number of carbonyl (C=O) groups is 3. The van der Waals surface area contributed by atoms with E-state index in [-0.39, 0.29) is 11.1 Å². The van der Waals surface area contributed by atoms with Crippen LogP contribution in [-0.2, 0) is 23.9 Å². The van der Waals surface area contributed by atoms with Crippen LogP contribution in [0.2, 0.25) is 0 Å². The predicted octanol–water partition coefficient (Wildman–Crippen LogP) is 1.80. The van der Waals surface area contributed by atoms with Crippen molar-refractivity contribution < 1.29 is 29.0 Å². The monoisotopic (exact) mass is 346 g/mol. The summed E-state index contributed by atoms with van der Waals surface area (Å²) < 4.78 is 10.8. The third-order valence-corrected chi connectivity index (χ3v) is 4.38. The van der Waals surface area contributed by atoms with Crippen molar-refractivity contribution in [2.75, 3.05) is 6.61 Å². The zero-order valence-corrected chi connectivity index (χ0v) is 14.2. The number of aldehydes is 1. The average Bonchev–Trinajstić information content (AvgIpc) is 2.86. The van der Waals surface area contributed by atoms with Gasteiger partial charge in [0.05, 0.1) is 18.1 Å². The number of rotatable bonds is 4. The van der Waals surface area contributed by atoms with Crippen LogP contribution in [0.3, 0.4) is 0 Å². The molecular formula is C19H22O6. The van der Waals surface area contributed by atoms with E-state index in [1.807, 2.05) is 13.0 Å². The van der Waals surface area contributed by atoms with Gasteiger partial charge >= 0.3 is 11.9 Å². The van der Waals surface area contributed by atoms with Crippen LogP contribution in [0.25, 0.3) is 0 Å². The Balaban J connectivity index is 2.40. The predicted molar refractivity (Wildman–Crippen MR) is 90.4 cm³/mol. The highest BCUT2D eigenvalue weighted by Gasteiger charge is 2.44. The fraction of sp³-hybridized carbons (Fsp3) is 0.421. The highest BCUT2D eigenvalue weighted by molar-refractivity contribution is 5.92. The Bertz CT molecular complexity index is 669. The maximum atomic E-state index is 12.1. The second kappa shape index (κ2) is 8.07. The number of fused-ring (bicyclic) bond motifs is 1. The van der Waals surface area contributed by atoms with Crippen LogP contribution in [0, 0.1) is 5.92 Å². The molecule has 3 atom stereocenters. The minimum Gasteiger partial charge on any atom is -0.458 e. The fourth-order valence-electron chi connectivity index (χ4n) is 2.99. The van der Waals surface area contributed by atoms with Gasteiger partial charge in [0.15, 0.2) is 0 Å². The first-order valence-electron chi connectivity index (χ1n) is 8.08. The van der Waals surface area contributed by atoms with Gasteiger partial charge < -0.3 is 14.6 Å². The van der Waals surface area contributed by atoms with Gasteiger partial charge in [-0.2, -0.15) is 0 Å². The van der Waals surface area contributed by atoms with Gasteiger partial charge in [0.25, 0.3) is 0 Å². The molecule has 0 aromatic rings. The van der Waals surface area contributed by atoms with E-state index in [4.69, 9.17) is 14.6 Å². The van der Waals surface area contributed by atoms with E-state index in [0.717, 1.165) is 11.9 Å². The van der Waals surface area contributed by atoms with Crippen molar-refractivity contribution in [1.29, 1.82) is 0 Å². The molecule has 2 aliphatic rings. The summed E-state index contributed by atoms with van der Waals surface area (Å²) in [6.45, 7) is 8.61. The van der Waals surface area contributed by atoms with Crippen LogP contribution >= 0.6 is 0 Å². The lowest BCUT2D eigenvalue weighted by Crippen LogP contribution is -2.34. The van der Waals surface area contributed by atoms with E-state index < -0.39 is 36.7 Å². The summed E-state index contributed by atoms with van der Waals surface area (Å²) in [6, 6.07) is 0. The highest BCUT2D eigenvalue weighted by Crippen LogP contribution is 2.36. The summed E-state index contributed by atoms with van der Waals surface area (Å²) in [5, 5.41) is 9.06. The van der Waals surface area contributed by atoms with Gasteiger partial charge in [-0.3, -0.25) is 4.79 Å². The molecule has 0 spiro atoms. The molecule has 0 saturated carbocycles. The minimum atomic E-state index is -0.733. The van der Waals surface area contributed by atoms with Crippen molar-refractivity contribution in [3.8, 4) is 0 Å². The number of hydrogen-bond donors (Lipinski definition) is 1. The standard InChI is InChI=1S/C19H22O6/c1-11-5-4-6-14(10-21)8-16-17(13(3)19(23)25-16)15(7-11)24-18(22)12(2)9-20/h5,8,10,15-17,20H,2-4,6-7,9H2,1H3/b11-5+,14-8-/t15-,16+,17+/m0/s1. The van der Waals surface area contributed by atoms with Crippen LogP contribution in [0.15, 0.2) is 47.6 Å². The van der Waals surface area contributed by atoms with E-state index in [9.17, 15) is 14.4 Å². The number of allylic oxidation sites excluding steroid dienone is 2. The quantitative estimate of drug-likeness (QED) is 0.361. The van der Waals surface area contributed by atoms with Gasteiger partial charge in [0.1, 0.15) is 18.5 Å². The van der Waals surface area contributed by atoms with Crippen molar-refractivity contribution in [3.63, 3.8) is 0 Å². The van der Waals surface area contributed by atoms with Crippen molar-refractivity contribution >= 4 is 18.2 Å². The maximum Gasteiger partial charge on any atom is 0.336 e. The first-order valence-corrected chi connectivity index (χ1v) is 8.08. The molecule has 1 aliphatic heterocycles. The van der Waals surface area contributed by atoms with Crippen molar-refractivity contribution in [2.45, 2.75) is 38.4 Å². The van der Waals surface area contributed by atoms with E-state index in [0.29, 0.717) is 24.8 Å². The Morgan fingerprint density at radius 2 is 2.24 bits per heavy atom. The molecule has 0 aromatic carbocycles. The number of esters is 2. The highest BCUT2D eigenvalue weighted by atomic mass is 16.6. The molecule has 1 saturated heterocycles. The molecule has 6 heteroatoms. The van der Waals surface area contributed by atoms with Crippen molar-refractivity contribution in [3.05, 3.63) is 47.6 Å². The molecule has 1 heterocycles. The molecule has 0 bridgehead atoms. The smallest absolute Gasteiger partial charge is 0.336 e. The Morgan fingerprint density at radius 3 is 2.88 bits per heavy atom. The van der Waals surface area contributed by atoms with Gasteiger partial charge in [-0.1, -0.05) is 24.8 Å². The minimum absolute atomic E-state index is 0.0738. The normalized spacial score (nSPS) is 30.9. The topological polar surface area (TPSA) is 89.9 Å².